The minimum atomic E-state index is -0.558. The van der Waals surface area contributed by atoms with Gasteiger partial charge >= 0.3 is 0 Å². The maximum Gasteiger partial charge on any atom is 0.230 e. The standard InChI is InChI=1S/C25H27FN4O3.C16H20ClN3O2.C9H8FNO.CH4/c1-15-10-17-19(29-15)4-5-21(24(17)26)33-25-18-11-22(31-3)23(12-20(18)27-14-28-25)32-13-16-6-8-30(2)9-7-16;1-20-5-3-11(4-6-20)9-22-15-8-13-12(7-14(15)21-2)16(17)19-10-18-13;1-5-4-6-7(11-5)2-3-8(12)9(6)10;/h4-5,10-12,14,16,29H,6-9,13H2,1-3H3;7-8,10-11H,3-6,9H2,1-2H3;2-4,11-12H,1H3;1H4. The van der Waals surface area contributed by atoms with Crippen LogP contribution in [0.5, 0.6) is 40.4 Å². The molecule has 0 aliphatic carbocycles. The Kier molecular flexibility index (Phi) is 16.0. The Hall–Kier alpha value is -6.49. The normalized spacial score (nSPS) is 14.8. The smallest absolute Gasteiger partial charge is 0.230 e. The number of nitrogens with zero attached hydrogens (tertiary/aromatic N) is 6. The average Bonchev–Trinajstić information content (AvgIpc) is 3.92. The van der Waals surface area contributed by atoms with E-state index in [4.69, 9.17) is 40.4 Å². The highest BCUT2D eigenvalue weighted by Crippen LogP contribution is 2.39. The fourth-order valence-electron chi connectivity index (χ4n) is 8.34. The fourth-order valence-corrected chi connectivity index (χ4v) is 8.53. The molecule has 4 aromatic carbocycles. The molecule has 0 amide bonds. The van der Waals surface area contributed by atoms with E-state index in [0.29, 0.717) is 80.4 Å². The van der Waals surface area contributed by atoms with Crippen molar-refractivity contribution in [2.45, 2.75) is 47.0 Å². The van der Waals surface area contributed by atoms with Crippen LogP contribution in [0.4, 0.5) is 8.78 Å². The first-order chi connectivity index (χ1) is 32.4. The number of aryl methyl sites for hydroxylation is 2. The molecule has 0 atom stereocenters. The molecule has 10 rings (SSSR count). The number of aromatic amines is 2. The summed E-state index contributed by atoms with van der Waals surface area (Å²) in [6, 6.07) is 17.1. The molecule has 2 aliphatic heterocycles. The summed E-state index contributed by atoms with van der Waals surface area (Å²) in [5.74, 6) is 2.73. The van der Waals surface area contributed by atoms with Gasteiger partial charge in [-0.3, -0.25) is 0 Å². The van der Waals surface area contributed by atoms with Crippen LogP contribution in [-0.4, -0.2) is 113 Å². The van der Waals surface area contributed by atoms with Gasteiger partial charge in [-0.25, -0.2) is 28.7 Å². The Labute approximate surface area is 399 Å². The highest BCUT2D eigenvalue weighted by Gasteiger charge is 2.21. The van der Waals surface area contributed by atoms with Crippen LogP contribution in [0.1, 0.15) is 44.5 Å². The molecule has 0 bridgehead atoms. The first-order valence-electron chi connectivity index (χ1n) is 22.2. The lowest BCUT2D eigenvalue weighted by molar-refractivity contribution is 0.157. The number of aromatic hydroxyl groups is 1. The molecule has 0 radical (unpaired) electrons. The van der Waals surface area contributed by atoms with Gasteiger partial charge in [-0.15, -0.1) is 0 Å². The van der Waals surface area contributed by atoms with Gasteiger partial charge in [0.25, 0.3) is 0 Å². The predicted molar refractivity (Wildman–Crippen MR) is 263 cm³/mol. The second-order valence-corrected chi connectivity index (χ2v) is 17.6. The molecule has 2 fully saturated rings. The number of H-pyrrole nitrogens is 2. The highest BCUT2D eigenvalue weighted by atomic mass is 35.5. The number of hydrogen-bond donors (Lipinski definition) is 3. The number of benzene rings is 4. The summed E-state index contributed by atoms with van der Waals surface area (Å²) in [7, 11) is 7.52. The minimum absolute atomic E-state index is 0. The zero-order chi connectivity index (χ0) is 47.2. The second kappa shape index (κ2) is 22.1. The van der Waals surface area contributed by atoms with Crippen LogP contribution < -0.4 is 23.7 Å². The lowest BCUT2D eigenvalue weighted by Gasteiger charge is -2.28. The predicted octanol–water partition coefficient (Wildman–Crippen LogP) is 11.0. The number of aromatic nitrogens is 6. The van der Waals surface area contributed by atoms with Crippen molar-refractivity contribution in [1.82, 2.24) is 39.7 Å². The molecule has 68 heavy (non-hydrogen) atoms. The summed E-state index contributed by atoms with van der Waals surface area (Å²) < 4.78 is 57.2. The van der Waals surface area contributed by atoms with Gasteiger partial charge in [-0.2, -0.15) is 0 Å². The average molecular weight is 954 g/mol. The molecule has 8 aromatic rings. The number of hydrogen-bond acceptors (Lipinski definition) is 12. The lowest BCUT2D eigenvalue weighted by atomic mass is 9.98. The number of phenolic OH excluding ortho intramolecular Hbond substituents is 1. The summed E-state index contributed by atoms with van der Waals surface area (Å²) >= 11 is 6.10. The molecule has 2 saturated heterocycles. The van der Waals surface area contributed by atoms with Gasteiger partial charge in [0, 0.05) is 50.7 Å². The summed E-state index contributed by atoms with van der Waals surface area (Å²) in [5.41, 5.74) is 4.60. The Balaban J connectivity index is 0.000000168. The Bertz CT molecular complexity index is 2990. The van der Waals surface area contributed by atoms with E-state index >= 15 is 4.39 Å². The molecule has 17 heteroatoms. The van der Waals surface area contributed by atoms with Gasteiger partial charge in [0.2, 0.25) is 5.88 Å². The van der Waals surface area contributed by atoms with E-state index < -0.39 is 11.6 Å². The van der Waals surface area contributed by atoms with Gasteiger partial charge in [-0.05, 0) is 140 Å². The van der Waals surface area contributed by atoms with Crippen molar-refractivity contribution in [2.24, 2.45) is 11.8 Å². The van der Waals surface area contributed by atoms with Crippen molar-refractivity contribution in [2.75, 3.05) is 67.7 Å². The van der Waals surface area contributed by atoms with Crippen molar-refractivity contribution in [1.29, 1.82) is 0 Å². The van der Waals surface area contributed by atoms with Gasteiger partial charge in [-0.1, -0.05) is 19.0 Å². The van der Waals surface area contributed by atoms with Gasteiger partial charge < -0.3 is 48.6 Å². The number of halogens is 3. The topological polar surface area (TPSA) is 156 Å². The zero-order valence-corrected chi connectivity index (χ0v) is 39.2. The third kappa shape index (κ3) is 11.4. The van der Waals surface area contributed by atoms with E-state index in [1.54, 1.807) is 50.6 Å². The number of nitrogens with one attached hydrogen (secondary N) is 2. The maximum absolute atomic E-state index is 15.0. The van der Waals surface area contributed by atoms with Crippen molar-refractivity contribution in [3.05, 3.63) is 101 Å². The molecule has 0 saturated carbocycles. The Morgan fingerprint density at radius 2 is 1.10 bits per heavy atom. The number of piperidine rings is 2. The molecular weight excluding hydrogens is 894 g/mol. The van der Waals surface area contributed by atoms with E-state index in [9.17, 15) is 4.39 Å². The first kappa shape index (κ1) is 49.4. The second-order valence-electron chi connectivity index (χ2n) is 17.2. The molecule has 2 aliphatic rings. The van der Waals surface area contributed by atoms with Crippen molar-refractivity contribution in [3.63, 3.8) is 0 Å². The lowest BCUT2D eigenvalue weighted by Crippen LogP contribution is -2.32. The van der Waals surface area contributed by atoms with Crippen LogP contribution in [0, 0.1) is 37.3 Å². The monoisotopic (exact) mass is 952 g/mol. The molecule has 0 spiro atoms. The van der Waals surface area contributed by atoms with E-state index in [0.717, 1.165) is 66.8 Å². The number of likely N-dealkylation sites (tertiary alicyclic amines) is 2. The van der Waals surface area contributed by atoms with Crippen molar-refractivity contribution >= 4 is 55.2 Å². The summed E-state index contributed by atoms with van der Waals surface area (Å²) in [6.45, 7) is 9.49. The third-order valence-corrected chi connectivity index (χ3v) is 12.6. The van der Waals surface area contributed by atoms with Crippen molar-refractivity contribution in [3.8, 4) is 40.4 Å². The Morgan fingerprint density at radius 1 is 0.618 bits per heavy atom. The number of ether oxygens (including phenoxy) is 5. The first-order valence-corrected chi connectivity index (χ1v) is 22.6. The zero-order valence-electron chi connectivity index (χ0n) is 38.5. The van der Waals surface area contributed by atoms with Gasteiger partial charge in [0.1, 0.15) is 17.8 Å². The number of methoxy groups -OCH3 is 2. The van der Waals surface area contributed by atoms with Crippen LogP contribution >= 0.6 is 11.6 Å². The maximum atomic E-state index is 15.0. The fraction of sp³-hybridized carbons (Fsp3) is 0.373. The van der Waals surface area contributed by atoms with Crippen LogP contribution in [0.3, 0.4) is 0 Å². The minimum Gasteiger partial charge on any atom is -0.505 e. The summed E-state index contributed by atoms with van der Waals surface area (Å²) in [4.78, 5) is 27.6. The molecular formula is C51H59ClF2N8O6. The van der Waals surface area contributed by atoms with Crippen LogP contribution in [0.15, 0.2) is 73.3 Å². The van der Waals surface area contributed by atoms with E-state index in [-0.39, 0.29) is 24.8 Å². The number of fused-ring (bicyclic) bond motifs is 4. The molecule has 360 valence electrons. The highest BCUT2D eigenvalue weighted by molar-refractivity contribution is 6.34. The molecule has 4 aromatic heterocycles. The third-order valence-electron chi connectivity index (χ3n) is 12.3. The Morgan fingerprint density at radius 3 is 1.65 bits per heavy atom. The molecule has 14 nitrogen and oxygen atoms in total. The number of phenols is 1. The van der Waals surface area contributed by atoms with E-state index in [1.807, 2.05) is 32.0 Å². The van der Waals surface area contributed by atoms with E-state index in [1.165, 1.54) is 31.6 Å². The van der Waals surface area contributed by atoms with Crippen molar-refractivity contribution < 1.29 is 37.6 Å². The van der Waals surface area contributed by atoms with Crippen LogP contribution in [-0.2, 0) is 0 Å². The summed E-state index contributed by atoms with van der Waals surface area (Å²) in [5, 5.41) is 11.8. The molecule has 3 N–H and O–H groups in total. The SMILES string of the molecule is C.COc1cc2c(Cl)ncnc2cc1OCC1CCN(C)CC1.COc1cc2c(Oc3ccc4[nH]c(C)cc4c3F)ncnc2cc1OCC1CCN(C)CC1.Cc1cc2c(F)c(O)ccc2[nH]1. The van der Waals surface area contributed by atoms with Crippen LogP contribution in [0.2, 0.25) is 5.15 Å². The van der Waals surface area contributed by atoms with Crippen LogP contribution in [0.25, 0.3) is 43.6 Å². The number of rotatable bonds is 10. The van der Waals surface area contributed by atoms with Gasteiger partial charge in [0.15, 0.2) is 46.1 Å². The molecule has 0 unspecified atom stereocenters. The quantitative estimate of drug-likeness (QED) is 0.112. The molecule has 6 heterocycles. The van der Waals surface area contributed by atoms with Gasteiger partial charge in [0.05, 0.1) is 43.9 Å². The largest absolute Gasteiger partial charge is 0.505 e. The van der Waals surface area contributed by atoms with E-state index in [2.05, 4.69) is 53.8 Å². The summed E-state index contributed by atoms with van der Waals surface area (Å²) in [6.07, 6.45) is 7.42.